The van der Waals surface area contributed by atoms with Gasteiger partial charge in [-0.3, -0.25) is 0 Å². The second kappa shape index (κ2) is 5.79. The van der Waals surface area contributed by atoms with Gasteiger partial charge in [-0.15, -0.1) is 0 Å². The van der Waals surface area contributed by atoms with E-state index < -0.39 is 0 Å². The standard InChI is InChI=1S/C17H21NO/c1-5-19-15-8-9-16(14(4)11-15)18-17-10-12(2)6-7-13(17)3/h6-11,18H,5H2,1-4H3. The molecule has 0 atom stereocenters. The minimum Gasteiger partial charge on any atom is -0.494 e. The van der Waals surface area contributed by atoms with Crippen molar-refractivity contribution in [2.45, 2.75) is 27.7 Å². The summed E-state index contributed by atoms with van der Waals surface area (Å²) in [5.41, 5.74) is 5.98. The molecular weight excluding hydrogens is 234 g/mol. The van der Waals surface area contributed by atoms with E-state index in [4.69, 9.17) is 4.74 Å². The van der Waals surface area contributed by atoms with E-state index >= 15 is 0 Å². The first-order valence-electron chi connectivity index (χ1n) is 6.68. The first kappa shape index (κ1) is 13.5. The Morgan fingerprint density at radius 3 is 2.37 bits per heavy atom. The SMILES string of the molecule is CCOc1ccc(Nc2cc(C)ccc2C)c(C)c1. The molecule has 0 bridgehead atoms. The molecule has 2 heteroatoms. The molecule has 100 valence electrons. The molecule has 0 saturated carbocycles. The molecule has 0 radical (unpaired) electrons. The van der Waals surface area contributed by atoms with Crippen LogP contribution >= 0.6 is 0 Å². The fourth-order valence-electron chi connectivity index (χ4n) is 2.05. The largest absolute Gasteiger partial charge is 0.494 e. The van der Waals surface area contributed by atoms with Gasteiger partial charge < -0.3 is 10.1 Å². The topological polar surface area (TPSA) is 21.3 Å². The van der Waals surface area contributed by atoms with Gasteiger partial charge in [0.15, 0.2) is 0 Å². The normalized spacial score (nSPS) is 10.3. The van der Waals surface area contributed by atoms with Crippen molar-refractivity contribution >= 4 is 11.4 Å². The number of nitrogens with one attached hydrogen (secondary N) is 1. The lowest BCUT2D eigenvalue weighted by Crippen LogP contribution is -1.97. The Labute approximate surface area is 115 Å². The van der Waals surface area contributed by atoms with Crippen molar-refractivity contribution in [2.24, 2.45) is 0 Å². The minimum atomic E-state index is 0.698. The highest BCUT2D eigenvalue weighted by Gasteiger charge is 2.03. The molecule has 2 aromatic rings. The summed E-state index contributed by atoms with van der Waals surface area (Å²) in [7, 11) is 0. The van der Waals surface area contributed by atoms with E-state index in [-0.39, 0.29) is 0 Å². The van der Waals surface area contributed by atoms with Crippen LogP contribution in [0.2, 0.25) is 0 Å². The quantitative estimate of drug-likeness (QED) is 0.851. The first-order chi connectivity index (χ1) is 9.10. The molecule has 0 heterocycles. The highest BCUT2D eigenvalue weighted by molar-refractivity contribution is 5.67. The summed E-state index contributed by atoms with van der Waals surface area (Å²) in [6, 6.07) is 12.6. The molecule has 0 amide bonds. The van der Waals surface area contributed by atoms with Crippen LogP contribution in [0.15, 0.2) is 36.4 Å². The van der Waals surface area contributed by atoms with Gasteiger partial charge in [0.25, 0.3) is 0 Å². The average Bonchev–Trinajstić information content (AvgIpc) is 2.37. The van der Waals surface area contributed by atoms with Gasteiger partial charge >= 0.3 is 0 Å². The number of anilines is 2. The van der Waals surface area contributed by atoms with Crippen LogP contribution in [0, 0.1) is 20.8 Å². The van der Waals surface area contributed by atoms with Gasteiger partial charge in [-0.1, -0.05) is 12.1 Å². The lowest BCUT2D eigenvalue weighted by atomic mass is 10.1. The summed E-state index contributed by atoms with van der Waals surface area (Å²) in [6.07, 6.45) is 0. The lowest BCUT2D eigenvalue weighted by molar-refractivity contribution is 0.340. The van der Waals surface area contributed by atoms with Crippen LogP contribution in [0.5, 0.6) is 5.75 Å². The zero-order valence-corrected chi connectivity index (χ0v) is 12.1. The van der Waals surface area contributed by atoms with Crippen LogP contribution in [0.25, 0.3) is 0 Å². The van der Waals surface area contributed by atoms with E-state index in [0.29, 0.717) is 6.61 Å². The fraction of sp³-hybridized carbons (Fsp3) is 0.294. The van der Waals surface area contributed by atoms with E-state index in [0.717, 1.165) is 17.1 Å². The molecule has 0 spiro atoms. The number of aryl methyl sites for hydroxylation is 3. The van der Waals surface area contributed by atoms with Crippen molar-refractivity contribution in [3.05, 3.63) is 53.1 Å². The number of hydrogen-bond donors (Lipinski definition) is 1. The Morgan fingerprint density at radius 1 is 0.895 bits per heavy atom. The summed E-state index contributed by atoms with van der Waals surface area (Å²) < 4.78 is 5.51. The summed E-state index contributed by atoms with van der Waals surface area (Å²) in [4.78, 5) is 0. The van der Waals surface area contributed by atoms with Crippen molar-refractivity contribution in [3.63, 3.8) is 0 Å². The molecule has 2 nitrogen and oxygen atoms in total. The monoisotopic (exact) mass is 255 g/mol. The predicted molar refractivity (Wildman–Crippen MR) is 81.5 cm³/mol. The van der Waals surface area contributed by atoms with Gasteiger partial charge in [0.1, 0.15) is 5.75 Å². The third kappa shape index (κ3) is 3.28. The van der Waals surface area contributed by atoms with E-state index in [1.54, 1.807) is 0 Å². The third-order valence-corrected chi connectivity index (χ3v) is 3.17. The van der Waals surface area contributed by atoms with Gasteiger partial charge in [-0.05, 0) is 68.7 Å². The molecule has 0 unspecified atom stereocenters. The zero-order chi connectivity index (χ0) is 13.8. The Hall–Kier alpha value is -1.96. The highest BCUT2D eigenvalue weighted by Crippen LogP contribution is 2.27. The molecule has 19 heavy (non-hydrogen) atoms. The minimum absolute atomic E-state index is 0.698. The number of rotatable bonds is 4. The van der Waals surface area contributed by atoms with Crippen LogP contribution in [0.1, 0.15) is 23.6 Å². The van der Waals surface area contributed by atoms with Crippen molar-refractivity contribution in [2.75, 3.05) is 11.9 Å². The number of hydrogen-bond acceptors (Lipinski definition) is 2. The zero-order valence-electron chi connectivity index (χ0n) is 12.1. The number of ether oxygens (including phenoxy) is 1. The molecule has 0 aliphatic carbocycles. The Kier molecular flexibility index (Phi) is 4.10. The van der Waals surface area contributed by atoms with Crippen LogP contribution < -0.4 is 10.1 Å². The van der Waals surface area contributed by atoms with E-state index in [1.165, 1.54) is 16.7 Å². The van der Waals surface area contributed by atoms with E-state index in [2.05, 4.69) is 56.4 Å². The van der Waals surface area contributed by atoms with Crippen LogP contribution in [-0.4, -0.2) is 6.61 Å². The molecule has 1 N–H and O–H groups in total. The predicted octanol–water partition coefficient (Wildman–Crippen LogP) is 4.75. The molecule has 0 aliphatic heterocycles. The summed E-state index contributed by atoms with van der Waals surface area (Å²) in [5.74, 6) is 0.923. The molecule has 2 rings (SSSR count). The van der Waals surface area contributed by atoms with Crippen molar-refractivity contribution in [1.29, 1.82) is 0 Å². The highest BCUT2D eigenvalue weighted by atomic mass is 16.5. The van der Waals surface area contributed by atoms with Gasteiger partial charge in [0, 0.05) is 11.4 Å². The lowest BCUT2D eigenvalue weighted by Gasteiger charge is -2.14. The second-order valence-electron chi connectivity index (χ2n) is 4.85. The van der Waals surface area contributed by atoms with Crippen molar-refractivity contribution in [3.8, 4) is 5.75 Å². The Bertz CT molecular complexity index is 575. The molecule has 0 saturated heterocycles. The maximum Gasteiger partial charge on any atom is 0.119 e. The Balaban J connectivity index is 2.25. The average molecular weight is 255 g/mol. The van der Waals surface area contributed by atoms with Crippen molar-refractivity contribution < 1.29 is 4.74 Å². The second-order valence-corrected chi connectivity index (χ2v) is 4.85. The summed E-state index contributed by atoms with van der Waals surface area (Å²) >= 11 is 0. The first-order valence-corrected chi connectivity index (χ1v) is 6.68. The van der Waals surface area contributed by atoms with E-state index in [9.17, 15) is 0 Å². The molecular formula is C17H21NO. The van der Waals surface area contributed by atoms with Crippen LogP contribution in [-0.2, 0) is 0 Å². The van der Waals surface area contributed by atoms with Gasteiger partial charge in [0.2, 0.25) is 0 Å². The molecule has 2 aromatic carbocycles. The maximum atomic E-state index is 5.51. The maximum absolute atomic E-state index is 5.51. The molecule has 0 fully saturated rings. The van der Waals surface area contributed by atoms with Crippen molar-refractivity contribution in [1.82, 2.24) is 0 Å². The summed E-state index contributed by atoms with van der Waals surface area (Å²) in [5, 5.41) is 3.50. The third-order valence-electron chi connectivity index (χ3n) is 3.17. The van der Waals surface area contributed by atoms with Crippen LogP contribution in [0.3, 0.4) is 0 Å². The van der Waals surface area contributed by atoms with Gasteiger partial charge in [0.05, 0.1) is 6.61 Å². The number of benzene rings is 2. The fourth-order valence-corrected chi connectivity index (χ4v) is 2.05. The smallest absolute Gasteiger partial charge is 0.119 e. The van der Waals surface area contributed by atoms with Gasteiger partial charge in [-0.2, -0.15) is 0 Å². The van der Waals surface area contributed by atoms with Gasteiger partial charge in [-0.25, -0.2) is 0 Å². The Morgan fingerprint density at radius 2 is 1.68 bits per heavy atom. The molecule has 0 aliphatic rings. The van der Waals surface area contributed by atoms with Crippen LogP contribution in [0.4, 0.5) is 11.4 Å². The van der Waals surface area contributed by atoms with E-state index in [1.807, 2.05) is 13.0 Å². The summed E-state index contributed by atoms with van der Waals surface area (Å²) in [6.45, 7) is 9.01. The molecule has 0 aromatic heterocycles.